The van der Waals surface area contributed by atoms with Crippen molar-refractivity contribution in [3.8, 4) is 0 Å². The molecule has 0 aliphatic rings. The molecular formula is C8H9N3OS. The van der Waals surface area contributed by atoms with Crippen molar-refractivity contribution in [3.05, 3.63) is 28.3 Å². The molecule has 0 amide bonds. The van der Waals surface area contributed by atoms with Gasteiger partial charge in [0, 0.05) is 23.9 Å². The van der Waals surface area contributed by atoms with E-state index in [2.05, 4.69) is 15.1 Å². The van der Waals surface area contributed by atoms with Gasteiger partial charge in [0.15, 0.2) is 5.82 Å². The second kappa shape index (κ2) is 3.66. The van der Waals surface area contributed by atoms with Crippen LogP contribution in [-0.4, -0.2) is 15.1 Å². The predicted octanol–water partition coefficient (Wildman–Crippen LogP) is 1.68. The predicted molar refractivity (Wildman–Crippen MR) is 48.6 cm³/mol. The highest BCUT2D eigenvalue weighted by molar-refractivity contribution is 7.09. The molecule has 68 valence electrons. The molecular weight excluding hydrogens is 186 g/mol. The maximum Gasteiger partial charge on any atom is 0.226 e. The third-order valence-corrected chi connectivity index (χ3v) is 2.41. The Balaban J connectivity index is 2.10. The third kappa shape index (κ3) is 1.92. The van der Waals surface area contributed by atoms with Crippen LogP contribution in [0.15, 0.2) is 16.2 Å². The van der Waals surface area contributed by atoms with E-state index in [0.717, 1.165) is 17.1 Å². The summed E-state index contributed by atoms with van der Waals surface area (Å²) >= 11 is 1.60. The van der Waals surface area contributed by atoms with E-state index < -0.39 is 0 Å². The van der Waals surface area contributed by atoms with Crippen LogP contribution in [0, 0.1) is 0 Å². The number of thiazole rings is 1. The minimum absolute atomic E-state index is 0.694. The Hall–Kier alpha value is -1.23. The van der Waals surface area contributed by atoms with E-state index in [9.17, 15) is 0 Å². The smallest absolute Gasteiger partial charge is 0.226 e. The van der Waals surface area contributed by atoms with E-state index in [0.29, 0.717) is 12.3 Å². The molecule has 0 aliphatic carbocycles. The molecule has 0 radical (unpaired) electrons. The molecule has 4 nitrogen and oxygen atoms in total. The van der Waals surface area contributed by atoms with Gasteiger partial charge in [-0.15, -0.1) is 11.3 Å². The van der Waals surface area contributed by atoms with Crippen LogP contribution >= 0.6 is 11.3 Å². The van der Waals surface area contributed by atoms with Crippen molar-refractivity contribution in [2.24, 2.45) is 0 Å². The molecule has 0 saturated heterocycles. The minimum Gasteiger partial charge on any atom is -0.339 e. The Morgan fingerprint density at radius 3 is 3.08 bits per heavy atom. The van der Waals surface area contributed by atoms with E-state index in [1.54, 1.807) is 16.8 Å². The lowest BCUT2D eigenvalue weighted by Gasteiger charge is -1.85. The van der Waals surface area contributed by atoms with Gasteiger partial charge in [-0.05, 0) is 0 Å². The summed E-state index contributed by atoms with van der Waals surface area (Å²) < 4.78 is 4.99. The quantitative estimate of drug-likeness (QED) is 0.747. The number of nitrogens with zero attached hydrogens (tertiary/aromatic N) is 3. The van der Waals surface area contributed by atoms with Gasteiger partial charge in [-0.2, -0.15) is 4.98 Å². The Labute approximate surface area is 79.6 Å². The van der Waals surface area contributed by atoms with Crippen molar-refractivity contribution >= 4 is 11.3 Å². The Morgan fingerprint density at radius 2 is 2.46 bits per heavy atom. The highest BCUT2D eigenvalue weighted by Crippen LogP contribution is 2.10. The van der Waals surface area contributed by atoms with Crippen LogP contribution in [-0.2, 0) is 12.8 Å². The van der Waals surface area contributed by atoms with Crippen molar-refractivity contribution in [1.29, 1.82) is 0 Å². The summed E-state index contributed by atoms with van der Waals surface area (Å²) in [7, 11) is 0. The van der Waals surface area contributed by atoms with Crippen molar-refractivity contribution in [3.63, 3.8) is 0 Å². The number of aryl methyl sites for hydroxylation is 1. The van der Waals surface area contributed by atoms with Gasteiger partial charge in [0.05, 0.1) is 5.51 Å². The van der Waals surface area contributed by atoms with Crippen LogP contribution in [0.1, 0.15) is 23.5 Å². The molecule has 0 aliphatic heterocycles. The summed E-state index contributed by atoms with van der Waals surface area (Å²) in [5.74, 6) is 1.43. The summed E-state index contributed by atoms with van der Waals surface area (Å²) in [5.41, 5.74) is 1.80. The fraction of sp³-hybridized carbons (Fsp3) is 0.375. The van der Waals surface area contributed by atoms with Gasteiger partial charge in [0.2, 0.25) is 5.89 Å². The average molecular weight is 195 g/mol. The Bertz CT molecular complexity index is 368. The van der Waals surface area contributed by atoms with Crippen LogP contribution in [0.25, 0.3) is 0 Å². The fourth-order valence-corrected chi connectivity index (χ4v) is 1.58. The SMILES string of the molecule is CCc1nc(Cc2cncs2)no1. The van der Waals surface area contributed by atoms with Gasteiger partial charge in [-0.3, -0.25) is 4.98 Å². The first-order valence-electron chi connectivity index (χ1n) is 4.07. The number of aromatic nitrogens is 3. The van der Waals surface area contributed by atoms with Crippen molar-refractivity contribution in [2.45, 2.75) is 19.8 Å². The van der Waals surface area contributed by atoms with E-state index in [1.165, 1.54) is 0 Å². The number of hydrogen-bond donors (Lipinski definition) is 0. The number of rotatable bonds is 3. The van der Waals surface area contributed by atoms with E-state index in [1.807, 2.05) is 13.1 Å². The lowest BCUT2D eigenvalue weighted by atomic mass is 10.4. The van der Waals surface area contributed by atoms with Gasteiger partial charge in [-0.25, -0.2) is 0 Å². The zero-order chi connectivity index (χ0) is 9.10. The largest absolute Gasteiger partial charge is 0.339 e. The third-order valence-electron chi connectivity index (χ3n) is 1.63. The maximum absolute atomic E-state index is 4.99. The molecule has 2 heterocycles. The topological polar surface area (TPSA) is 51.8 Å². The molecule has 0 fully saturated rings. The average Bonchev–Trinajstić information content (AvgIpc) is 2.76. The lowest BCUT2D eigenvalue weighted by molar-refractivity contribution is 0.377. The highest BCUT2D eigenvalue weighted by atomic mass is 32.1. The molecule has 5 heteroatoms. The first kappa shape index (κ1) is 8.37. The lowest BCUT2D eigenvalue weighted by Crippen LogP contribution is -1.88. The minimum atomic E-state index is 0.694. The highest BCUT2D eigenvalue weighted by Gasteiger charge is 2.05. The molecule has 0 atom stereocenters. The molecule has 0 unspecified atom stereocenters. The first-order chi connectivity index (χ1) is 6.38. The second-order valence-corrected chi connectivity index (χ2v) is 3.57. The molecule has 0 bridgehead atoms. The standard InChI is InChI=1S/C8H9N3OS/c1-2-8-10-7(11-12-8)3-6-4-9-5-13-6/h4-5H,2-3H2,1H3. The summed E-state index contributed by atoms with van der Waals surface area (Å²) in [5, 5.41) is 3.85. The van der Waals surface area contributed by atoms with Crippen LogP contribution in [0.5, 0.6) is 0 Å². The molecule has 0 spiro atoms. The molecule has 2 rings (SSSR count). The van der Waals surface area contributed by atoms with Crippen molar-refractivity contribution in [1.82, 2.24) is 15.1 Å². The van der Waals surface area contributed by atoms with Crippen molar-refractivity contribution in [2.75, 3.05) is 0 Å². The summed E-state index contributed by atoms with van der Waals surface area (Å²) in [6.07, 6.45) is 3.33. The van der Waals surface area contributed by atoms with E-state index >= 15 is 0 Å². The van der Waals surface area contributed by atoms with E-state index in [4.69, 9.17) is 4.52 Å². The first-order valence-corrected chi connectivity index (χ1v) is 4.95. The van der Waals surface area contributed by atoms with Gasteiger partial charge in [-0.1, -0.05) is 12.1 Å². The van der Waals surface area contributed by atoms with Gasteiger partial charge < -0.3 is 4.52 Å². The van der Waals surface area contributed by atoms with E-state index in [-0.39, 0.29) is 0 Å². The van der Waals surface area contributed by atoms with Crippen LogP contribution in [0.4, 0.5) is 0 Å². The van der Waals surface area contributed by atoms with Crippen molar-refractivity contribution < 1.29 is 4.52 Å². The van der Waals surface area contributed by atoms with Crippen LogP contribution in [0.3, 0.4) is 0 Å². The van der Waals surface area contributed by atoms with Crippen LogP contribution < -0.4 is 0 Å². The molecule has 2 aromatic rings. The summed E-state index contributed by atoms with van der Waals surface area (Å²) in [6, 6.07) is 0. The van der Waals surface area contributed by atoms with Crippen LogP contribution in [0.2, 0.25) is 0 Å². The fourth-order valence-electron chi connectivity index (χ4n) is 0.991. The maximum atomic E-state index is 4.99. The summed E-state index contributed by atoms with van der Waals surface area (Å²) in [6.45, 7) is 1.99. The molecule has 0 N–H and O–H groups in total. The summed E-state index contributed by atoms with van der Waals surface area (Å²) in [4.78, 5) is 9.34. The Kier molecular flexibility index (Phi) is 2.35. The Morgan fingerprint density at radius 1 is 1.54 bits per heavy atom. The van der Waals surface area contributed by atoms with Gasteiger partial charge >= 0.3 is 0 Å². The zero-order valence-corrected chi connectivity index (χ0v) is 8.04. The second-order valence-electron chi connectivity index (χ2n) is 2.60. The molecule has 0 saturated carbocycles. The molecule has 2 aromatic heterocycles. The zero-order valence-electron chi connectivity index (χ0n) is 7.23. The van der Waals surface area contributed by atoms with Gasteiger partial charge in [0.1, 0.15) is 0 Å². The molecule has 0 aromatic carbocycles. The normalized spacial score (nSPS) is 10.5. The number of hydrogen-bond acceptors (Lipinski definition) is 5. The molecule has 13 heavy (non-hydrogen) atoms. The van der Waals surface area contributed by atoms with Gasteiger partial charge in [0.25, 0.3) is 0 Å². The monoisotopic (exact) mass is 195 g/mol.